The van der Waals surface area contributed by atoms with Crippen molar-refractivity contribution in [1.82, 2.24) is 15.0 Å². The Bertz CT molecular complexity index is 993. The lowest BCUT2D eigenvalue weighted by Gasteiger charge is -2.11. The minimum Gasteiger partial charge on any atom is -0.467 e. The summed E-state index contributed by atoms with van der Waals surface area (Å²) in [5.74, 6) is 2.09. The summed E-state index contributed by atoms with van der Waals surface area (Å²) in [5, 5.41) is 7.60. The zero-order valence-corrected chi connectivity index (χ0v) is 13.7. The van der Waals surface area contributed by atoms with E-state index in [1.165, 1.54) is 0 Å². The number of hydrogen-bond donors (Lipinski definition) is 2. The predicted molar refractivity (Wildman–Crippen MR) is 97.8 cm³/mol. The average molecular weight is 331 g/mol. The molecule has 3 aromatic heterocycles. The Balaban J connectivity index is 1.59. The Morgan fingerprint density at radius 3 is 2.84 bits per heavy atom. The van der Waals surface area contributed by atoms with Crippen LogP contribution in [0.2, 0.25) is 0 Å². The molecule has 1 aromatic carbocycles. The largest absolute Gasteiger partial charge is 0.467 e. The van der Waals surface area contributed by atoms with Crippen LogP contribution < -0.4 is 10.6 Å². The van der Waals surface area contributed by atoms with Crippen LogP contribution in [0.4, 0.5) is 17.5 Å². The van der Waals surface area contributed by atoms with E-state index in [9.17, 15) is 0 Å². The van der Waals surface area contributed by atoms with E-state index in [1.54, 1.807) is 12.5 Å². The van der Waals surface area contributed by atoms with Crippen molar-refractivity contribution in [2.45, 2.75) is 13.5 Å². The van der Waals surface area contributed by atoms with Gasteiger partial charge >= 0.3 is 0 Å². The number of aromatic nitrogens is 3. The molecule has 0 amide bonds. The number of nitrogens with one attached hydrogen (secondary N) is 2. The standard InChI is InChI=1S/C19H17N5O/c1-13-11-17(24-19(22-13)21-12-15-7-4-10-25-15)23-16-8-2-5-14-6-3-9-20-18(14)16/h2-11H,12H2,1H3,(H2,21,22,23,24). The number of pyridine rings is 1. The summed E-state index contributed by atoms with van der Waals surface area (Å²) in [7, 11) is 0. The Labute approximate surface area is 145 Å². The van der Waals surface area contributed by atoms with Crippen molar-refractivity contribution in [3.8, 4) is 0 Å². The van der Waals surface area contributed by atoms with Gasteiger partial charge in [0.05, 0.1) is 24.0 Å². The molecule has 6 heteroatoms. The Kier molecular flexibility index (Phi) is 4.00. The average Bonchev–Trinajstić information content (AvgIpc) is 3.13. The molecule has 4 rings (SSSR count). The summed E-state index contributed by atoms with van der Waals surface area (Å²) in [6.07, 6.45) is 3.43. The highest BCUT2D eigenvalue weighted by molar-refractivity contribution is 5.91. The Morgan fingerprint density at radius 2 is 1.96 bits per heavy atom. The first-order valence-electron chi connectivity index (χ1n) is 8.01. The van der Waals surface area contributed by atoms with Crippen molar-refractivity contribution in [2.24, 2.45) is 0 Å². The maximum Gasteiger partial charge on any atom is 0.225 e. The van der Waals surface area contributed by atoms with Crippen LogP contribution in [-0.2, 0) is 6.54 Å². The van der Waals surface area contributed by atoms with E-state index in [-0.39, 0.29) is 0 Å². The van der Waals surface area contributed by atoms with Gasteiger partial charge in [0, 0.05) is 23.3 Å². The Morgan fingerprint density at radius 1 is 1.04 bits per heavy atom. The van der Waals surface area contributed by atoms with Gasteiger partial charge in [0.15, 0.2) is 0 Å². The van der Waals surface area contributed by atoms with Crippen LogP contribution in [0.3, 0.4) is 0 Å². The second kappa shape index (κ2) is 6.60. The number of para-hydroxylation sites is 1. The Hall–Kier alpha value is -3.41. The highest BCUT2D eigenvalue weighted by Crippen LogP contribution is 2.24. The fourth-order valence-electron chi connectivity index (χ4n) is 2.63. The SMILES string of the molecule is Cc1cc(Nc2cccc3cccnc23)nc(NCc2ccco2)n1. The van der Waals surface area contributed by atoms with Crippen LogP contribution in [0.25, 0.3) is 10.9 Å². The molecule has 0 spiro atoms. The highest BCUT2D eigenvalue weighted by Gasteiger charge is 2.06. The number of furan rings is 1. The summed E-state index contributed by atoms with van der Waals surface area (Å²) >= 11 is 0. The molecule has 2 N–H and O–H groups in total. The number of fused-ring (bicyclic) bond motifs is 1. The van der Waals surface area contributed by atoms with E-state index in [0.717, 1.165) is 28.0 Å². The van der Waals surface area contributed by atoms with Crippen LogP contribution in [0.1, 0.15) is 11.5 Å². The lowest BCUT2D eigenvalue weighted by Crippen LogP contribution is -2.06. The topological polar surface area (TPSA) is 75.9 Å². The zero-order valence-electron chi connectivity index (χ0n) is 13.7. The molecule has 0 aliphatic heterocycles. The molecule has 6 nitrogen and oxygen atoms in total. The molecule has 124 valence electrons. The van der Waals surface area contributed by atoms with Crippen molar-refractivity contribution >= 4 is 28.4 Å². The molecule has 25 heavy (non-hydrogen) atoms. The van der Waals surface area contributed by atoms with Gasteiger partial charge in [-0.05, 0) is 31.2 Å². The van der Waals surface area contributed by atoms with E-state index >= 15 is 0 Å². The molecule has 0 bridgehead atoms. The van der Waals surface area contributed by atoms with Gasteiger partial charge in [0.1, 0.15) is 11.6 Å². The first kappa shape index (κ1) is 15.1. The molecular weight excluding hydrogens is 314 g/mol. The quantitative estimate of drug-likeness (QED) is 0.568. The van der Waals surface area contributed by atoms with Crippen LogP contribution in [0.5, 0.6) is 0 Å². The molecule has 0 saturated carbocycles. The van der Waals surface area contributed by atoms with Gasteiger partial charge in [-0.25, -0.2) is 4.98 Å². The van der Waals surface area contributed by atoms with Crippen LogP contribution in [0, 0.1) is 6.92 Å². The third-order valence-electron chi connectivity index (χ3n) is 3.75. The third kappa shape index (κ3) is 3.42. The van der Waals surface area contributed by atoms with E-state index in [4.69, 9.17) is 4.42 Å². The van der Waals surface area contributed by atoms with Crippen LogP contribution in [0.15, 0.2) is 65.4 Å². The number of benzene rings is 1. The lowest BCUT2D eigenvalue weighted by atomic mass is 10.2. The first-order chi connectivity index (χ1) is 12.3. The van der Waals surface area contributed by atoms with Crippen molar-refractivity contribution in [2.75, 3.05) is 10.6 Å². The molecule has 0 unspecified atom stereocenters. The second-order valence-electron chi connectivity index (χ2n) is 5.66. The highest BCUT2D eigenvalue weighted by atomic mass is 16.3. The number of hydrogen-bond acceptors (Lipinski definition) is 6. The monoisotopic (exact) mass is 331 g/mol. The molecule has 0 aliphatic rings. The summed E-state index contributed by atoms with van der Waals surface area (Å²) in [6.45, 7) is 2.47. The fourth-order valence-corrected chi connectivity index (χ4v) is 2.63. The minimum atomic E-state index is 0.533. The maximum absolute atomic E-state index is 5.32. The van der Waals surface area contributed by atoms with Crippen LogP contribution >= 0.6 is 0 Å². The third-order valence-corrected chi connectivity index (χ3v) is 3.75. The molecule has 3 heterocycles. The van der Waals surface area contributed by atoms with Crippen LogP contribution in [-0.4, -0.2) is 15.0 Å². The van der Waals surface area contributed by atoms with Gasteiger partial charge < -0.3 is 15.1 Å². The van der Waals surface area contributed by atoms with Gasteiger partial charge in [-0.2, -0.15) is 4.98 Å². The van der Waals surface area contributed by atoms with E-state index < -0.39 is 0 Å². The summed E-state index contributed by atoms with van der Waals surface area (Å²) in [6, 6.07) is 15.7. The summed E-state index contributed by atoms with van der Waals surface area (Å²) in [5.41, 5.74) is 2.69. The zero-order chi connectivity index (χ0) is 17.1. The molecule has 0 radical (unpaired) electrons. The minimum absolute atomic E-state index is 0.533. The van der Waals surface area contributed by atoms with E-state index in [2.05, 4.69) is 25.6 Å². The van der Waals surface area contributed by atoms with Gasteiger partial charge in [0.2, 0.25) is 5.95 Å². The van der Waals surface area contributed by atoms with Gasteiger partial charge in [-0.15, -0.1) is 0 Å². The molecule has 0 fully saturated rings. The second-order valence-corrected chi connectivity index (χ2v) is 5.66. The van der Waals surface area contributed by atoms with Gasteiger partial charge in [-0.3, -0.25) is 4.98 Å². The predicted octanol–water partition coefficient (Wildman–Crippen LogP) is 4.28. The molecule has 0 atom stereocenters. The number of aryl methyl sites for hydroxylation is 1. The fraction of sp³-hybridized carbons (Fsp3) is 0.105. The van der Waals surface area contributed by atoms with Crippen molar-refractivity contribution in [3.05, 3.63) is 72.4 Å². The molecule has 0 aliphatic carbocycles. The lowest BCUT2D eigenvalue weighted by molar-refractivity contribution is 0.517. The van der Waals surface area contributed by atoms with Gasteiger partial charge in [-0.1, -0.05) is 18.2 Å². The molecule has 0 saturated heterocycles. The van der Waals surface area contributed by atoms with Crippen molar-refractivity contribution in [3.63, 3.8) is 0 Å². The smallest absolute Gasteiger partial charge is 0.225 e. The first-order valence-corrected chi connectivity index (χ1v) is 8.01. The number of rotatable bonds is 5. The number of anilines is 3. The van der Waals surface area contributed by atoms with Crippen molar-refractivity contribution in [1.29, 1.82) is 0 Å². The number of nitrogens with zero attached hydrogens (tertiary/aromatic N) is 3. The molecule has 4 aromatic rings. The maximum atomic E-state index is 5.32. The summed E-state index contributed by atoms with van der Waals surface area (Å²) in [4.78, 5) is 13.4. The normalized spacial score (nSPS) is 10.8. The van der Waals surface area contributed by atoms with E-state index in [1.807, 2.05) is 55.5 Å². The van der Waals surface area contributed by atoms with Gasteiger partial charge in [0.25, 0.3) is 0 Å². The van der Waals surface area contributed by atoms with E-state index in [0.29, 0.717) is 18.3 Å². The summed E-state index contributed by atoms with van der Waals surface area (Å²) < 4.78 is 5.32. The molecular formula is C19H17N5O. The van der Waals surface area contributed by atoms with Crippen molar-refractivity contribution < 1.29 is 4.42 Å².